The van der Waals surface area contributed by atoms with E-state index in [9.17, 15) is 4.79 Å². The van der Waals surface area contributed by atoms with Crippen LogP contribution >= 0.6 is 27.7 Å². The van der Waals surface area contributed by atoms with E-state index in [1.165, 1.54) is 6.33 Å². The predicted octanol–water partition coefficient (Wildman–Crippen LogP) is 9.64. The molecule has 0 aliphatic rings. The van der Waals surface area contributed by atoms with E-state index in [0.717, 1.165) is 42.3 Å². The number of halogens is 1. The van der Waals surface area contributed by atoms with Gasteiger partial charge < -0.3 is 15.4 Å². The third-order valence-electron chi connectivity index (χ3n) is 6.99. The van der Waals surface area contributed by atoms with Gasteiger partial charge in [-0.1, -0.05) is 77.9 Å². The largest absolute Gasteiger partial charge is 0.489 e. The van der Waals surface area contributed by atoms with Crippen molar-refractivity contribution in [1.29, 1.82) is 0 Å². The van der Waals surface area contributed by atoms with Gasteiger partial charge in [0.2, 0.25) is 0 Å². The summed E-state index contributed by atoms with van der Waals surface area (Å²) in [6.07, 6.45) is 1.52. The summed E-state index contributed by atoms with van der Waals surface area (Å²) in [4.78, 5) is 28.7. The Kier molecular flexibility index (Phi) is 9.38. The summed E-state index contributed by atoms with van der Waals surface area (Å²) in [5, 5.41) is 7.33. The molecular weight excluding hydrogens is 646 g/mol. The number of carbonyl (C=O) groups is 1. The molecule has 0 aliphatic carbocycles. The molecule has 0 spiro atoms. The van der Waals surface area contributed by atoms with Crippen LogP contribution in [0.1, 0.15) is 41.4 Å². The third-order valence-corrected chi connectivity index (χ3v) is 8.56. The fourth-order valence-corrected chi connectivity index (χ4v) is 5.89. The van der Waals surface area contributed by atoms with Crippen LogP contribution in [0.3, 0.4) is 0 Å². The lowest BCUT2D eigenvalue weighted by Crippen LogP contribution is -2.12. The highest BCUT2D eigenvalue weighted by atomic mass is 79.9. The second kappa shape index (κ2) is 13.9. The zero-order chi connectivity index (χ0) is 31.2. The van der Waals surface area contributed by atoms with Crippen molar-refractivity contribution in [2.75, 3.05) is 10.6 Å². The summed E-state index contributed by atoms with van der Waals surface area (Å²) in [6.45, 7) is 4.72. The Labute approximate surface area is 274 Å². The molecule has 6 rings (SSSR count). The van der Waals surface area contributed by atoms with E-state index in [1.54, 1.807) is 23.9 Å². The number of aromatic nitrogens is 3. The molecule has 2 aromatic heterocycles. The minimum absolute atomic E-state index is 0.202. The average Bonchev–Trinajstić information content (AvgIpc) is 3.06. The lowest BCUT2D eigenvalue weighted by molar-refractivity contribution is 0.102. The summed E-state index contributed by atoms with van der Waals surface area (Å²) in [5.41, 5.74) is 4.70. The minimum atomic E-state index is -0.202. The summed E-state index contributed by atoms with van der Waals surface area (Å²) in [6, 6.07) is 35.2. The Bertz CT molecular complexity index is 1950. The zero-order valence-corrected chi connectivity index (χ0v) is 27.1. The van der Waals surface area contributed by atoms with E-state index in [2.05, 4.69) is 50.4 Å². The first kappa shape index (κ1) is 30.3. The summed E-state index contributed by atoms with van der Waals surface area (Å²) in [7, 11) is 0. The molecule has 0 unspecified atom stereocenters. The maximum absolute atomic E-state index is 13.1. The van der Waals surface area contributed by atoms with E-state index >= 15 is 0 Å². The molecule has 0 radical (unpaired) electrons. The lowest BCUT2D eigenvalue weighted by atomic mass is 10.1. The van der Waals surface area contributed by atoms with Gasteiger partial charge in [0.15, 0.2) is 5.65 Å². The lowest BCUT2D eigenvalue weighted by Gasteiger charge is -2.15. The number of ether oxygens (including phenoxy) is 1. The molecular formula is C36H30BrN5O2S. The van der Waals surface area contributed by atoms with Gasteiger partial charge in [-0.2, -0.15) is 0 Å². The van der Waals surface area contributed by atoms with Crippen molar-refractivity contribution in [3.8, 4) is 5.75 Å². The Balaban J connectivity index is 1.28. The number of fused-ring (bicyclic) bond motifs is 1. The Hall–Kier alpha value is -4.73. The molecule has 0 saturated carbocycles. The van der Waals surface area contributed by atoms with Crippen molar-refractivity contribution in [3.05, 3.63) is 137 Å². The maximum Gasteiger partial charge on any atom is 0.255 e. The molecule has 0 bridgehead atoms. The first-order valence-electron chi connectivity index (χ1n) is 14.5. The van der Waals surface area contributed by atoms with Crippen LogP contribution in [-0.2, 0) is 6.61 Å². The van der Waals surface area contributed by atoms with Crippen LogP contribution < -0.4 is 15.4 Å². The van der Waals surface area contributed by atoms with Crippen LogP contribution in [0.15, 0.2) is 130 Å². The minimum Gasteiger partial charge on any atom is -0.489 e. The molecule has 45 heavy (non-hydrogen) atoms. The van der Waals surface area contributed by atoms with Crippen molar-refractivity contribution < 1.29 is 9.53 Å². The van der Waals surface area contributed by atoms with Gasteiger partial charge in [-0.25, -0.2) is 15.0 Å². The number of hydrogen-bond donors (Lipinski definition) is 2. The van der Waals surface area contributed by atoms with Crippen molar-refractivity contribution in [3.63, 3.8) is 0 Å². The van der Waals surface area contributed by atoms with E-state index < -0.39 is 0 Å². The molecule has 7 nitrogen and oxygen atoms in total. The number of carbonyl (C=O) groups excluding carboxylic acids is 1. The number of amides is 1. The molecule has 9 heteroatoms. The van der Waals surface area contributed by atoms with Crippen LogP contribution in [0, 0.1) is 0 Å². The highest BCUT2D eigenvalue weighted by Crippen LogP contribution is 2.38. The standard InChI is InChI=1S/C36H30BrN5O2S/c1-23(2)31-17-16-30-34(41-31)38-22-39-35(30)42-32-20-27(40-36(43)25-9-6-10-26(37)19-25)11-18-33(32)45-29-14-12-28(13-15-29)44-21-24-7-4-3-5-8-24/h3-20,22-23H,21H2,1-2H3,(H,40,43)(H,38,39,41,42). The molecule has 1 amide bonds. The predicted molar refractivity (Wildman–Crippen MR) is 185 cm³/mol. The summed E-state index contributed by atoms with van der Waals surface area (Å²) < 4.78 is 6.81. The number of nitrogens with one attached hydrogen (secondary N) is 2. The van der Waals surface area contributed by atoms with Gasteiger partial charge in [0, 0.05) is 31.2 Å². The third kappa shape index (κ3) is 7.68. The Morgan fingerprint density at radius 2 is 1.71 bits per heavy atom. The molecule has 6 aromatic rings. The molecule has 2 heterocycles. The van der Waals surface area contributed by atoms with E-state index in [1.807, 2.05) is 97.1 Å². The number of pyridine rings is 1. The molecule has 0 atom stereocenters. The van der Waals surface area contributed by atoms with E-state index in [0.29, 0.717) is 29.3 Å². The van der Waals surface area contributed by atoms with Crippen LogP contribution in [0.4, 0.5) is 17.2 Å². The normalized spacial score (nSPS) is 11.0. The quantitative estimate of drug-likeness (QED) is 0.149. The van der Waals surface area contributed by atoms with Crippen molar-refractivity contribution in [1.82, 2.24) is 15.0 Å². The number of benzene rings is 4. The van der Waals surface area contributed by atoms with Gasteiger partial charge in [-0.3, -0.25) is 4.79 Å². The number of anilines is 3. The second-order valence-corrected chi connectivity index (χ2v) is 12.7. The Morgan fingerprint density at radius 3 is 2.49 bits per heavy atom. The van der Waals surface area contributed by atoms with Crippen LogP contribution in [0.25, 0.3) is 11.0 Å². The van der Waals surface area contributed by atoms with Crippen LogP contribution in [0.5, 0.6) is 5.75 Å². The first-order valence-corrected chi connectivity index (χ1v) is 16.1. The van der Waals surface area contributed by atoms with Gasteiger partial charge in [0.05, 0.1) is 11.1 Å². The topological polar surface area (TPSA) is 89.0 Å². The van der Waals surface area contributed by atoms with Crippen LogP contribution in [-0.4, -0.2) is 20.9 Å². The SMILES string of the molecule is CC(C)c1ccc2c(Nc3cc(NC(=O)c4cccc(Br)c4)ccc3Sc3ccc(OCc4ccccc4)cc3)ncnc2n1. The molecule has 0 saturated heterocycles. The van der Waals surface area contributed by atoms with Gasteiger partial charge >= 0.3 is 0 Å². The fourth-order valence-electron chi connectivity index (χ4n) is 4.61. The molecule has 4 aromatic carbocycles. The molecule has 0 fully saturated rings. The van der Waals surface area contributed by atoms with Gasteiger partial charge in [-0.15, -0.1) is 0 Å². The number of nitrogens with zero attached hydrogens (tertiary/aromatic N) is 3. The van der Waals surface area contributed by atoms with Gasteiger partial charge in [-0.05, 0) is 84.3 Å². The van der Waals surface area contributed by atoms with Crippen molar-refractivity contribution >= 4 is 61.8 Å². The van der Waals surface area contributed by atoms with Gasteiger partial charge in [0.1, 0.15) is 24.5 Å². The molecule has 0 aliphatic heterocycles. The molecule has 2 N–H and O–H groups in total. The smallest absolute Gasteiger partial charge is 0.255 e. The zero-order valence-electron chi connectivity index (χ0n) is 24.7. The molecule has 224 valence electrons. The second-order valence-electron chi connectivity index (χ2n) is 10.6. The highest BCUT2D eigenvalue weighted by Gasteiger charge is 2.14. The highest BCUT2D eigenvalue weighted by molar-refractivity contribution is 9.10. The number of hydrogen-bond acceptors (Lipinski definition) is 7. The van der Waals surface area contributed by atoms with Crippen LogP contribution in [0.2, 0.25) is 0 Å². The number of rotatable bonds is 10. The maximum atomic E-state index is 13.1. The van der Waals surface area contributed by atoms with E-state index in [-0.39, 0.29) is 11.8 Å². The average molecular weight is 677 g/mol. The first-order chi connectivity index (χ1) is 21.9. The van der Waals surface area contributed by atoms with Crippen molar-refractivity contribution in [2.45, 2.75) is 36.2 Å². The monoisotopic (exact) mass is 675 g/mol. The van der Waals surface area contributed by atoms with Gasteiger partial charge in [0.25, 0.3) is 5.91 Å². The fraction of sp³-hybridized carbons (Fsp3) is 0.111. The summed E-state index contributed by atoms with van der Waals surface area (Å²) >= 11 is 5.04. The Morgan fingerprint density at radius 1 is 0.889 bits per heavy atom. The van der Waals surface area contributed by atoms with Crippen molar-refractivity contribution in [2.24, 2.45) is 0 Å². The van der Waals surface area contributed by atoms with E-state index in [4.69, 9.17) is 9.72 Å². The summed E-state index contributed by atoms with van der Waals surface area (Å²) in [5.74, 6) is 1.51.